The van der Waals surface area contributed by atoms with E-state index in [0.717, 1.165) is 16.9 Å². The van der Waals surface area contributed by atoms with Gasteiger partial charge in [-0.2, -0.15) is 0 Å². The SMILES string of the molecule is CCCc1ccccc1-c1nc2ccccc2s1. The summed E-state index contributed by atoms with van der Waals surface area (Å²) < 4.78 is 1.26. The second kappa shape index (κ2) is 4.91. The monoisotopic (exact) mass is 253 g/mol. The average molecular weight is 253 g/mol. The largest absolute Gasteiger partial charge is 0.236 e. The molecule has 0 bridgehead atoms. The third-order valence-corrected chi connectivity index (χ3v) is 4.13. The highest BCUT2D eigenvalue weighted by atomic mass is 32.1. The van der Waals surface area contributed by atoms with E-state index in [1.807, 2.05) is 6.07 Å². The summed E-state index contributed by atoms with van der Waals surface area (Å²) in [5.41, 5.74) is 3.79. The highest BCUT2D eigenvalue weighted by Crippen LogP contribution is 2.32. The normalized spacial score (nSPS) is 10.9. The molecule has 0 saturated carbocycles. The van der Waals surface area contributed by atoms with E-state index in [2.05, 4.69) is 49.4 Å². The van der Waals surface area contributed by atoms with E-state index in [-0.39, 0.29) is 0 Å². The first-order valence-electron chi connectivity index (χ1n) is 6.32. The molecule has 0 saturated heterocycles. The van der Waals surface area contributed by atoms with E-state index in [4.69, 9.17) is 4.98 Å². The smallest absolute Gasteiger partial charge is 0.124 e. The van der Waals surface area contributed by atoms with Crippen LogP contribution in [0.25, 0.3) is 20.8 Å². The summed E-state index contributed by atoms with van der Waals surface area (Å²) in [7, 11) is 0. The van der Waals surface area contributed by atoms with Crippen molar-refractivity contribution < 1.29 is 0 Å². The molecule has 2 aromatic carbocycles. The van der Waals surface area contributed by atoms with Gasteiger partial charge >= 0.3 is 0 Å². The molecule has 90 valence electrons. The Hall–Kier alpha value is -1.67. The first kappa shape index (κ1) is 11.4. The number of aryl methyl sites for hydroxylation is 1. The predicted octanol–water partition coefficient (Wildman–Crippen LogP) is 4.92. The third kappa shape index (κ3) is 2.04. The summed E-state index contributed by atoms with van der Waals surface area (Å²) in [4.78, 5) is 4.74. The predicted molar refractivity (Wildman–Crippen MR) is 79.1 cm³/mol. The fraction of sp³-hybridized carbons (Fsp3) is 0.188. The van der Waals surface area contributed by atoms with Gasteiger partial charge in [-0.1, -0.05) is 49.7 Å². The van der Waals surface area contributed by atoms with Gasteiger partial charge in [-0.25, -0.2) is 4.98 Å². The van der Waals surface area contributed by atoms with Crippen molar-refractivity contribution in [3.8, 4) is 10.6 Å². The summed E-state index contributed by atoms with van der Waals surface area (Å²) in [5.74, 6) is 0. The van der Waals surface area contributed by atoms with Crippen LogP contribution >= 0.6 is 11.3 Å². The molecule has 0 unspecified atom stereocenters. The molecule has 0 spiro atoms. The third-order valence-electron chi connectivity index (χ3n) is 3.06. The lowest BCUT2D eigenvalue weighted by atomic mass is 10.0. The van der Waals surface area contributed by atoms with Crippen LogP contribution in [-0.2, 0) is 6.42 Å². The number of rotatable bonds is 3. The molecule has 0 aliphatic heterocycles. The first-order valence-corrected chi connectivity index (χ1v) is 7.14. The van der Waals surface area contributed by atoms with Crippen molar-refractivity contribution in [2.45, 2.75) is 19.8 Å². The Bertz CT molecular complexity index is 636. The van der Waals surface area contributed by atoms with Crippen LogP contribution in [0.4, 0.5) is 0 Å². The van der Waals surface area contributed by atoms with Gasteiger partial charge in [0.05, 0.1) is 10.2 Å². The number of thiazole rings is 1. The minimum absolute atomic E-state index is 1.10. The number of benzene rings is 2. The van der Waals surface area contributed by atoms with Gasteiger partial charge in [-0.3, -0.25) is 0 Å². The molecule has 3 aromatic rings. The minimum Gasteiger partial charge on any atom is -0.236 e. The van der Waals surface area contributed by atoms with Crippen LogP contribution in [0.1, 0.15) is 18.9 Å². The molecule has 0 fully saturated rings. The first-order chi connectivity index (χ1) is 8.88. The van der Waals surface area contributed by atoms with Gasteiger partial charge in [-0.15, -0.1) is 11.3 Å². The zero-order valence-corrected chi connectivity index (χ0v) is 11.2. The highest BCUT2D eigenvalue weighted by Gasteiger charge is 2.09. The molecule has 0 aliphatic carbocycles. The van der Waals surface area contributed by atoms with Crippen LogP contribution in [0.3, 0.4) is 0 Å². The van der Waals surface area contributed by atoms with E-state index >= 15 is 0 Å². The maximum absolute atomic E-state index is 4.74. The van der Waals surface area contributed by atoms with Crippen molar-refractivity contribution in [3.05, 3.63) is 54.1 Å². The maximum atomic E-state index is 4.74. The van der Waals surface area contributed by atoms with Crippen molar-refractivity contribution in [1.82, 2.24) is 4.98 Å². The van der Waals surface area contributed by atoms with Crippen LogP contribution in [-0.4, -0.2) is 4.98 Å². The van der Waals surface area contributed by atoms with E-state index in [1.165, 1.54) is 22.2 Å². The van der Waals surface area contributed by atoms with Crippen LogP contribution in [0, 0.1) is 0 Å². The van der Waals surface area contributed by atoms with Crippen molar-refractivity contribution in [2.24, 2.45) is 0 Å². The number of aromatic nitrogens is 1. The second-order valence-electron chi connectivity index (χ2n) is 4.39. The van der Waals surface area contributed by atoms with E-state index in [9.17, 15) is 0 Å². The summed E-state index contributed by atoms with van der Waals surface area (Å²) >= 11 is 1.78. The quantitative estimate of drug-likeness (QED) is 0.646. The average Bonchev–Trinajstić information content (AvgIpc) is 2.83. The minimum atomic E-state index is 1.10. The Kier molecular flexibility index (Phi) is 3.11. The molecule has 1 heterocycles. The topological polar surface area (TPSA) is 12.9 Å². The van der Waals surface area contributed by atoms with Gasteiger partial charge in [0.1, 0.15) is 5.01 Å². The van der Waals surface area contributed by atoms with Crippen molar-refractivity contribution in [2.75, 3.05) is 0 Å². The zero-order chi connectivity index (χ0) is 12.4. The van der Waals surface area contributed by atoms with Gasteiger partial charge in [0.2, 0.25) is 0 Å². The van der Waals surface area contributed by atoms with Gasteiger partial charge in [-0.05, 0) is 24.1 Å². The van der Waals surface area contributed by atoms with E-state index in [0.29, 0.717) is 0 Å². The fourth-order valence-corrected chi connectivity index (χ4v) is 3.23. The molecule has 2 heteroatoms. The van der Waals surface area contributed by atoms with Crippen molar-refractivity contribution in [1.29, 1.82) is 0 Å². The molecule has 0 N–H and O–H groups in total. The number of hydrogen-bond donors (Lipinski definition) is 0. The molecule has 0 radical (unpaired) electrons. The lowest BCUT2D eigenvalue weighted by Crippen LogP contribution is -1.88. The standard InChI is InChI=1S/C16H15NS/c1-2-7-12-8-3-4-9-13(12)16-17-14-10-5-6-11-15(14)18-16/h3-6,8-11H,2,7H2,1H3. The van der Waals surface area contributed by atoms with Gasteiger partial charge < -0.3 is 0 Å². The number of fused-ring (bicyclic) bond motifs is 1. The van der Waals surface area contributed by atoms with Gasteiger partial charge in [0.25, 0.3) is 0 Å². The van der Waals surface area contributed by atoms with Gasteiger partial charge in [0, 0.05) is 5.56 Å². The lowest BCUT2D eigenvalue weighted by Gasteiger charge is -2.04. The number of para-hydroxylation sites is 1. The maximum Gasteiger partial charge on any atom is 0.124 e. The number of nitrogens with zero attached hydrogens (tertiary/aromatic N) is 1. The van der Waals surface area contributed by atoms with Crippen molar-refractivity contribution in [3.63, 3.8) is 0 Å². The Morgan fingerprint density at radius 3 is 2.61 bits per heavy atom. The van der Waals surface area contributed by atoms with E-state index < -0.39 is 0 Å². The van der Waals surface area contributed by atoms with Crippen molar-refractivity contribution >= 4 is 21.6 Å². The summed E-state index contributed by atoms with van der Waals surface area (Å²) in [6.45, 7) is 2.22. The Morgan fingerprint density at radius 2 is 1.78 bits per heavy atom. The lowest BCUT2D eigenvalue weighted by molar-refractivity contribution is 0.923. The summed E-state index contributed by atoms with van der Waals surface area (Å²) in [5, 5.41) is 1.14. The Labute approximate surface area is 111 Å². The molecule has 1 aromatic heterocycles. The van der Waals surface area contributed by atoms with Gasteiger partial charge in [0.15, 0.2) is 0 Å². The molecular weight excluding hydrogens is 238 g/mol. The van der Waals surface area contributed by atoms with E-state index in [1.54, 1.807) is 11.3 Å². The van der Waals surface area contributed by atoms with Crippen LogP contribution < -0.4 is 0 Å². The van der Waals surface area contributed by atoms with Crippen LogP contribution in [0.5, 0.6) is 0 Å². The molecule has 0 amide bonds. The molecule has 3 rings (SSSR count). The molecule has 1 nitrogen and oxygen atoms in total. The van der Waals surface area contributed by atoms with Crippen LogP contribution in [0.2, 0.25) is 0 Å². The highest BCUT2D eigenvalue weighted by molar-refractivity contribution is 7.21. The molecule has 0 aliphatic rings. The number of hydrogen-bond acceptors (Lipinski definition) is 2. The summed E-state index contributed by atoms with van der Waals surface area (Å²) in [6, 6.07) is 16.9. The molecular formula is C16H15NS. The molecule has 0 atom stereocenters. The second-order valence-corrected chi connectivity index (χ2v) is 5.42. The molecule has 18 heavy (non-hydrogen) atoms. The van der Waals surface area contributed by atoms with Crippen LogP contribution in [0.15, 0.2) is 48.5 Å². The zero-order valence-electron chi connectivity index (χ0n) is 10.4. The Balaban J connectivity index is 2.13. The summed E-state index contributed by atoms with van der Waals surface area (Å²) in [6.07, 6.45) is 2.29. The fourth-order valence-electron chi connectivity index (χ4n) is 2.20. The Morgan fingerprint density at radius 1 is 1.00 bits per heavy atom.